The number of hydrogen-bond donors (Lipinski definition) is 1. The van der Waals surface area contributed by atoms with E-state index in [0.29, 0.717) is 6.61 Å². The van der Waals surface area contributed by atoms with Crippen LogP contribution in [0.25, 0.3) is 0 Å². The zero-order valence-corrected chi connectivity index (χ0v) is 11.3. The molecule has 0 aromatic heterocycles. The van der Waals surface area contributed by atoms with Crippen molar-refractivity contribution >= 4 is 26.0 Å². The first-order chi connectivity index (χ1) is 7.53. The van der Waals surface area contributed by atoms with Gasteiger partial charge in [0.15, 0.2) is 0 Å². The third-order valence-electron chi connectivity index (χ3n) is 1.89. The molecule has 1 rings (SSSR count). The van der Waals surface area contributed by atoms with Gasteiger partial charge in [-0.3, -0.25) is 0 Å². The number of ether oxygens (including phenoxy) is 1. The summed E-state index contributed by atoms with van der Waals surface area (Å²) in [5, 5.41) is 0. The highest BCUT2D eigenvalue weighted by atomic mass is 79.9. The van der Waals surface area contributed by atoms with Crippen LogP contribution in [0.2, 0.25) is 0 Å². The van der Waals surface area contributed by atoms with Crippen molar-refractivity contribution in [2.75, 3.05) is 18.9 Å². The lowest BCUT2D eigenvalue weighted by molar-refractivity contribution is 0.323. The zero-order chi connectivity index (χ0) is 12.0. The van der Waals surface area contributed by atoms with Crippen LogP contribution in [0.15, 0.2) is 28.7 Å². The summed E-state index contributed by atoms with van der Waals surface area (Å²) in [6, 6.07) is 7.37. The van der Waals surface area contributed by atoms with E-state index in [9.17, 15) is 8.42 Å². The minimum Gasteiger partial charge on any atom is -0.492 e. The molecule has 16 heavy (non-hydrogen) atoms. The van der Waals surface area contributed by atoms with Gasteiger partial charge in [-0.05, 0) is 31.2 Å². The summed E-state index contributed by atoms with van der Waals surface area (Å²) < 4.78 is 30.9. The minimum atomic E-state index is -3.12. The van der Waals surface area contributed by atoms with Gasteiger partial charge in [0.1, 0.15) is 12.4 Å². The average molecular weight is 308 g/mol. The number of hydrogen-bond acceptors (Lipinski definition) is 3. The quantitative estimate of drug-likeness (QED) is 0.815. The Labute approximate surface area is 104 Å². The first kappa shape index (κ1) is 13.5. The predicted molar refractivity (Wildman–Crippen MR) is 67.1 cm³/mol. The highest BCUT2D eigenvalue weighted by Gasteiger charge is 2.04. The highest BCUT2D eigenvalue weighted by Crippen LogP contribution is 2.15. The van der Waals surface area contributed by atoms with E-state index in [0.717, 1.165) is 10.2 Å². The van der Waals surface area contributed by atoms with Crippen molar-refractivity contribution < 1.29 is 13.2 Å². The summed E-state index contributed by atoms with van der Waals surface area (Å²) in [4.78, 5) is 0. The predicted octanol–water partition coefficient (Wildman–Crippen LogP) is 1.77. The molecule has 0 aliphatic carbocycles. The molecule has 1 aromatic carbocycles. The smallest absolute Gasteiger partial charge is 0.211 e. The van der Waals surface area contributed by atoms with E-state index in [1.165, 1.54) is 0 Å². The van der Waals surface area contributed by atoms with Crippen LogP contribution >= 0.6 is 15.9 Å². The van der Waals surface area contributed by atoms with E-state index in [1.54, 1.807) is 6.92 Å². The van der Waals surface area contributed by atoms with Crippen LogP contribution < -0.4 is 9.46 Å². The van der Waals surface area contributed by atoms with Crippen LogP contribution in [0, 0.1) is 0 Å². The molecule has 0 aliphatic heterocycles. The molecule has 4 nitrogen and oxygen atoms in total. The maximum absolute atomic E-state index is 11.1. The fourth-order valence-electron chi connectivity index (χ4n) is 0.999. The number of rotatable bonds is 6. The number of nitrogens with one attached hydrogen (secondary N) is 1. The third-order valence-corrected chi connectivity index (χ3v) is 3.82. The molecule has 0 aliphatic rings. The van der Waals surface area contributed by atoms with Gasteiger partial charge >= 0.3 is 0 Å². The molecule has 0 amide bonds. The van der Waals surface area contributed by atoms with E-state index < -0.39 is 10.0 Å². The summed E-state index contributed by atoms with van der Waals surface area (Å²) in [7, 11) is -3.12. The average Bonchev–Trinajstić information content (AvgIpc) is 2.27. The molecular weight excluding hydrogens is 294 g/mol. The van der Waals surface area contributed by atoms with Crippen molar-refractivity contribution in [1.82, 2.24) is 4.72 Å². The summed E-state index contributed by atoms with van der Waals surface area (Å²) in [5.74, 6) is 0.810. The normalized spacial score (nSPS) is 11.4. The number of sulfonamides is 1. The number of halogens is 1. The van der Waals surface area contributed by atoms with E-state index in [2.05, 4.69) is 20.7 Å². The van der Waals surface area contributed by atoms with Crippen molar-refractivity contribution in [3.63, 3.8) is 0 Å². The van der Waals surface area contributed by atoms with Crippen molar-refractivity contribution in [3.05, 3.63) is 28.7 Å². The van der Waals surface area contributed by atoms with Crippen molar-refractivity contribution in [1.29, 1.82) is 0 Å². The third kappa shape index (κ3) is 4.96. The first-order valence-electron chi connectivity index (χ1n) is 4.89. The lowest BCUT2D eigenvalue weighted by Gasteiger charge is -2.07. The van der Waals surface area contributed by atoms with E-state index in [1.807, 2.05) is 24.3 Å². The molecule has 0 bridgehead atoms. The Balaban J connectivity index is 2.29. The molecular formula is C10H14BrNO3S. The summed E-state index contributed by atoms with van der Waals surface area (Å²) in [6.07, 6.45) is 0. The summed E-state index contributed by atoms with van der Waals surface area (Å²) >= 11 is 3.32. The molecule has 0 spiro atoms. The molecule has 6 heteroatoms. The molecule has 1 aromatic rings. The minimum absolute atomic E-state index is 0.0886. The van der Waals surface area contributed by atoms with Gasteiger partial charge in [0.25, 0.3) is 0 Å². The maximum atomic E-state index is 11.1. The Kier molecular flexibility index (Phi) is 5.24. The Bertz CT molecular complexity index is 416. The van der Waals surface area contributed by atoms with Crippen LogP contribution in [0.3, 0.4) is 0 Å². The second-order valence-electron chi connectivity index (χ2n) is 3.10. The SMILES string of the molecule is CCS(=O)(=O)NCCOc1ccc(Br)cc1. The van der Waals surface area contributed by atoms with E-state index >= 15 is 0 Å². The topological polar surface area (TPSA) is 55.4 Å². The van der Waals surface area contributed by atoms with Gasteiger partial charge in [-0.1, -0.05) is 15.9 Å². The van der Waals surface area contributed by atoms with Crippen LogP contribution in [-0.4, -0.2) is 27.3 Å². The lowest BCUT2D eigenvalue weighted by atomic mass is 10.3. The van der Waals surface area contributed by atoms with E-state index in [-0.39, 0.29) is 12.3 Å². The second-order valence-corrected chi connectivity index (χ2v) is 6.11. The van der Waals surface area contributed by atoms with Crippen LogP contribution in [0.4, 0.5) is 0 Å². The summed E-state index contributed by atoms with van der Waals surface area (Å²) in [6.45, 7) is 2.20. The molecule has 0 saturated heterocycles. The Morgan fingerprint density at radius 1 is 1.31 bits per heavy atom. The van der Waals surface area contributed by atoms with Gasteiger partial charge in [-0.2, -0.15) is 0 Å². The zero-order valence-electron chi connectivity index (χ0n) is 8.94. The fourth-order valence-corrected chi connectivity index (χ4v) is 1.86. The molecule has 0 atom stereocenters. The van der Waals surface area contributed by atoms with Gasteiger partial charge < -0.3 is 4.74 Å². The van der Waals surface area contributed by atoms with Gasteiger partial charge in [-0.25, -0.2) is 13.1 Å². The van der Waals surface area contributed by atoms with Crippen LogP contribution in [-0.2, 0) is 10.0 Å². The standard InChI is InChI=1S/C10H14BrNO3S/c1-2-16(13,14)12-7-8-15-10-5-3-9(11)4-6-10/h3-6,12H,2,7-8H2,1H3. The molecule has 0 radical (unpaired) electrons. The molecule has 0 unspecified atom stereocenters. The van der Waals surface area contributed by atoms with Crippen molar-refractivity contribution in [2.24, 2.45) is 0 Å². The Morgan fingerprint density at radius 3 is 2.50 bits per heavy atom. The lowest BCUT2D eigenvalue weighted by Crippen LogP contribution is -2.29. The van der Waals surface area contributed by atoms with Crippen molar-refractivity contribution in [3.8, 4) is 5.75 Å². The van der Waals surface area contributed by atoms with E-state index in [4.69, 9.17) is 4.74 Å². The first-order valence-corrected chi connectivity index (χ1v) is 7.34. The molecule has 1 N–H and O–H groups in total. The highest BCUT2D eigenvalue weighted by molar-refractivity contribution is 9.10. The van der Waals surface area contributed by atoms with Crippen molar-refractivity contribution in [2.45, 2.75) is 6.92 Å². The molecule has 0 heterocycles. The Morgan fingerprint density at radius 2 is 1.94 bits per heavy atom. The molecule has 0 fully saturated rings. The molecule has 90 valence electrons. The Hall–Kier alpha value is -0.590. The molecule has 0 saturated carbocycles. The summed E-state index contributed by atoms with van der Waals surface area (Å²) in [5.41, 5.74) is 0. The second kappa shape index (κ2) is 6.22. The van der Waals surface area contributed by atoms with Gasteiger partial charge in [0, 0.05) is 11.0 Å². The van der Waals surface area contributed by atoms with Gasteiger partial charge in [-0.15, -0.1) is 0 Å². The fraction of sp³-hybridized carbons (Fsp3) is 0.400. The van der Waals surface area contributed by atoms with Gasteiger partial charge in [0.05, 0.1) is 5.75 Å². The number of benzene rings is 1. The van der Waals surface area contributed by atoms with Crippen LogP contribution in [0.5, 0.6) is 5.75 Å². The van der Waals surface area contributed by atoms with Gasteiger partial charge in [0.2, 0.25) is 10.0 Å². The van der Waals surface area contributed by atoms with Crippen LogP contribution in [0.1, 0.15) is 6.92 Å². The maximum Gasteiger partial charge on any atom is 0.211 e. The monoisotopic (exact) mass is 307 g/mol. The largest absolute Gasteiger partial charge is 0.492 e.